The number of carbonyl (C=O) groups is 3. The third kappa shape index (κ3) is 10.6. The predicted molar refractivity (Wildman–Crippen MR) is 117 cm³/mol. The second-order valence-corrected chi connectivity index (χ2v) is 8.63. The molecule has 13 nitrogen and oxygen atoms in total. The van der Waals surface area contributed by atoms with Gasteiger partial charge in [0.1, 0.15) is 11.6 Å². The molecule has 1 unspecified atom stereocenters. The summed E-state index contributed by atoms with van der Waals surface area (Å²) in [5, 5.41) is 30.4. The first-order valence-electron chi connectivity index (χ1n) is 9.47. The van der Waals surface area contributed by atoms with Gasteiger partial charge in [-0.1, -0.05) is 6.07 Å². The standard InChI is InChI=1S/C19H21N3O7.CH4O3S/c1-21(2)17(25)13-4-3-7-22(10-13)11-29-19(28)20-14(18(26)27)8-12-5-6-15(23)16(24)9-12;1-5(2,3)4/h3-7,9-10,14H,8,11H2,1-2H3,(H3-,20,23,24,26,27,28);1H3,(H,2,3,4)/p+1. The van der Waals surface area contributed by atoms with Crippen LogP contribution in [0.25, 0.3) is 0 Å². The number of ether oxygens (including phenoxy) is 1. The quantitative estimate of drug-likeness (QED) is 0.196. The van der Waals surface area contributed by atoms with Gasteiger partial charge in [-0.25, -0.2) is 9.59 Å². The summed E-state index contributed by atoms with van der Waals surface area (Å²) in [5.74, 6) is -2.23. The third-order valence-corrected chi connectivity index (χ3v) is 3.93. The minimum Gasteiger partial charge on any atom is -0.504 e. The number of pyridine rings is 1. The van der Waals surface area contributed by atoms with E-state index < -0.39 is 34.0 Å². The SMILES string of the molecule is CN(C)C(=O)c1ccc[n+](COC(=O)NC(Cc2ccc(O)c(O)c2)C(=O)O)c1.CS(=O)(=O)O. The van der Waals surface area contributed by atoms with E-state index in [0.717, 1.165) is 0 Å². The maximum Gasteiger partial charge on any atom is 0.412 e. The molecule has 2 aromatic rings. The number of alkyl carbamates (subject to hydrolysis) is 1. The number of nitrogens with one attached hydrogen (secondary N) is 1. The van der Waals surface area contributed by atoms with Crippen LogP contribution in [0, 0.1) is 0 Å². The van der Waals surface area contributed by atoms with Crippen molar-refractivity contribution in [2.24, 2.45) is 0 Å². The molecule has 1 aromatic carbocycles. The molecule has 0 aliphatic heterocycles. The monoisotopic (exact) mass is 500 g/mol. The fourth-order valence-electron chi connectivity index (χ4n) is 2.44. The van der Waals surface area contributed by atoms with Crippen LogP contribution in [0.2, 0.25) is 0 Å². The number of phenols is 2. The van der Waals surface area contributed by atoms with Crippen molar-refractivity contribution in [2.75, 3.05) is 20.4 Å². The van der Waals surface area contributed by atoms with Crippen molar-refractivity contribution in [3.05, 3.63) is 53.9 Å². The van der Waals surface area contributed by atoms with Gasteiger partial charge in [0.15, 0.2) is 23.9 Å². The van der Waals surface area contributed by atoms with Crippen molar-refractivity contribution >= 4 is 28.1 Å². The number of carboxylic acid groups (broad SMARTS) is 1. The average Bonchev–Trinajstić information content (AvgIpc) is 2.72. The summed E-state index contributed by atoms with van der Waals surface area (Å²) in [4.78, 5) is 36.8. The van der Waals surface area contributed by atoms with Crippen LogP contribution < -0.4 is 9.88 Å². The molecular weight excluding hydrogens is 474 g/mol. The lowest BCUT2D eigenvalue weighted by Crippen LogP contribution is -2.45. The first kappa shape index (κ1) is 28.1. The fourth-order valence-corrected chi connectivity index (χ4v) is 2.44. The van der Waals surface area contributed by atoms with Crippen molar-refractivity contribution in [3.8, 4) is 11.5 Å². The number of rotatable bonds is 7. The van der Waals surface area contributed by atoms with E-state index in [4.69, 9.17) is 9.29 Å². The number of carboxylic acids is 1. The highest BCUT2D eigenvalue weighted by Crippen LogP contribution is 2.25. The van der Waals surface area contributed by atoms with Crippen LogP contribution in [-0.4, -0.2) is 77.6 Å². The van der Waals surface area contributed by atoms with E-state index >= 15 is 0 Å². The van der Waals surface area contributed by atoms with Crippen molar-refractivity contribution < 1.29 is 52.0 Å². The summed E-state index contributed by atoms with van der Waals surface area (Å²) in [6.07, 6.45) is 2.72. The highest BCUT2D eigenvalue weighted by molar-refractivity contribution is 7.85. The molecule has 2 amide bonds. The summed E-state index contributed by atoms with van der Waals surface area (Å²) in [7, 11) is -0.437. The molecule has 0 aliphatic rings. The second-order valence-electron chi connectivity index (χ2n) is 7.16. The van der Waals surface area contributed by atoms with Crippen LogP contribution in [0.15, 0.2) is 42.7 Å². The van der Waals surface area contributed by atoms with Gasteiger partial charge >= 0.3 is 12.1 Å². The number of hydrogen-bond donors (Lipinski definition) is 5. The molecule has 34 heavy (non-hydrogen) atoms. The molecule has 1 aromatic heterocycles. The molecule has 186 valence electrons. The van der Waals surface area contributed by atoms with E-state index in [2.05, 4.69) is 5.32 Å². The van der Waals surface area contributed by atoms with E-state index in [0.29, 0.717) is 17.4 Å². The maximum absolute atomic E-state index is 12.0. The van der Waals surface area contributed by atoms with Gasteiger partial charge in [0, 0.05) is 26.6 Å². The largest absolute Gasteiger partial charge is 0.504 e. The fraction of sp³-hybridized carbons (Fsp3) is 0.300. The molecule has 0 radical (unpaired) electrons. The number of carbonyl (C=O) groups excluding carboxylic acids is 2. The Bertz CT molecular complexity index is 1130. The number of aromatic nitrogens is 1. The zero-order chi connectivity index (χ0) is 26.1. The zero-order valence-electron chi connectivity index (χ0n) is 18.6. The van der Waals surface area contributed by atoms with Gasteiger partial charge in [0.2, 0.25) is 0 Å². The number of benzene rings is 1. The van der Waals surface area contributed by atoms with E-state index in [1.54, 1.807) is 32.4 Å². The van der Waals surface area contributed by atoms with E-state index in [-0.39, 0.29) is 24.8 Å². The summed E-state index contributed by atoms with van der Waals surface area (Å²) in [6.45, 7) is -0.229. The van der Waals surface area contributed by atoms with E-state index in [1.807, 2.05) is 0 Å². The van der Waals surface area contributed by atoms with Gasteiger partial charge in [-0.15, -0.1) is 0 Å². The Morgan fingerprint density at radius 1 is 1.15 bits per heavy atom. The number of aromatic hydroxyl groups is 2. The lowest BCUT2D eigenvalue weighted by atomic mass is 10.1. The Kier molecular flexibility index (Phi) is 10.2. The number of hydrogen-bond acceptors (Lipinski definition) is 8. The highest BCUT2D eigenvalue weighted by Gasteiger charge is 2.22. The Morgan fingerprint density at radius 2 is 1.76 bits per heavy atom. The summed E-state index contributed by atoms with van der Waals surface area (Å²) in [6, 6.07) is 5.79. The lowest BCUT2D eigenvalue weighted by Gasteiger charge is -2.14. The Morgan fingerprint density at radius 3 is 2.29 bits per heavy atom. The van der Waals surface area contributed by atoms with Crippen LogP contribution in [0.4, 0.5) is 4.79 Å². The smallest absolute Gasteiger partial charge is 0.412 e. The summed E-state index contributed by atoms with van der Waals surface area (Å²) >= 11 is 0. The molecule has 0 aliphatic carbocycles. The van der Waals surface area contributed by atoms with Crippen LogP contribution in [0.3, 0.4) is 0 Å². The van der Waals surface area contributed by atoms with Crippen molar-refractivity contribution in [1.29, 1.82) is 0 Å². The molecule has 2 rings (SSSR count). The van der Waals surface area contributed by atoms with Gasteiger partial charge in [-0.05, 0) is 23.8 Å². The van der Waals surface area contributed by atoms with E-state index in [1.165, 1.54) is 33.9 Å². The number of amides is 2. The lowest BCUT2D eigenvalue weighted by molar-refractivity contribution is -0.727. The maximum atomic E-state index is 12.0. The molecule has 14 heteroatoms. The number of aliphatic carboxylic acids is 1. The van der Waals surface area contributed by atoms with Gasteiger partial charge < -0.3 is 30.3 Å². The average molecular weight is 501 g/mol. The van der Waals surface area contributed by atoms with Crippen LogP contribution in [0.5, 0.6) is 11.5 Å². The summed E-state index contributed by atoms with van der Waals surface area (Å²) < 4.78 is 32.4. The number of nitrogens with zero attached hydrogens (tertiary/aromatic N) is 2. The molecular formula is C20H26N3O10S+. The Labute approximate surface area is 195 Å². The zero-order valence-corrected chi connectivity index (χ0v) is 19.4. The summed E-state index contributed by atoms with van der Waals surface area (Å²) in [5.41, 5.74) is 0.800. The molecule has 0 saturated heterocycles. The minimum atomic E-state index is -3.67. The van der Waals surface area contributed by atoms with Gasteiger partial charge in [0.25, 0.3) is 22.8 Å². The highest BCUT2D eigenvalue weighted by atomic mass is 32.2. The first-order chi connectivity index (χ1) is 15.7. The van der Waals surface area contributed by atoms with Gasteiger partial charge in [-0.2, -0.15) is 13.0 Å². The molecule has 0 saturated carbocycles. The predicted octanol–water partition coefficient (Wildman–Crippen LogP) is -0.0293. The van der Waals surface area contributed by atoms with Gasteiger partial charge in [-0.3, -0.25) is 9.35 Å². The molecule has 0 spiro atoms. The van der Waals surface area contributed by atoms with Crippen molar-refractivity contribution in [3.63, 3.8) is 0 Å². The van der Waals surface area contributed by atoms with Crippen LogP contribution in [-0.2, 0) is 32.8 Å². The van der Waals surface area contributed by atoms with Gasteiger partial charge in [0.05, 0.1) is 6.26 Å². The normalized spacial score (nSPS) is 11.4. The molecule has 0 fully saturated rings. The first-order valence-corrected chi connectivity index (χ1v) is 11.3. The van der Waals surface area contributed by atoms with Crippen molar-refractivity contribution in [1.82, 2.24) is 10.2 Å². The number of phenolic OH excluding ortho intramolecular Hbond substituents is 2. The Balaban J connectivity index is 0.00000104. The molecule has 5 N–H and O–H groups in total. The minimum absolute atomic E-state index is 0.127. The third-order valence-electron chi connectivity index (χ3n) is 3.93. The topological polar surface area (TPSA) is 195 Å². The van der Waals surface area contributed by atoms with Crippen LogP contribution >= 0.6 is 0 Å². The Hall–Kier alpha value is -3.91. The van der Waals surface area contributed by atoms with Crippen molar-refractivity contribution in [2.45, 2.75) is 19.2 Å². The molecule has 1 atom stereocenters. The molecule has 0 bridgehead atoms. The van der Waals surface area contributed by atoms with E-state index in [9.17, 15) is 38.1 Å². The van der Waals surface area contributed by atoms with Crippen LogP contribution in [0.1, 0.15) is 15.9 Å². The second kappa shape index (κ2) is 12.4. The molecule has 1 heterocycles.